The van der Waals surface area contributed by atoms with E-state index in [1.165, 1.54) is 41.5 Å². The van der Waals surface area contributed by atoms with Crippen LogP contribution in [0.1, 0.15) is 52.1 Å². The highest BCUT2D eigenvalue weighted by Gasteiger charge is 2.39. The van der Waals surface area contributed by atoms with Crippen molar-refractivity contribution < 1.29 is 22.7 Å². The molecule has 0 bridgehead atoms. The van der Waals surface area contributed by atoms with Crippen molar-refractivity contribution in [3.8, 4) is 0 Å². The number of alkyl halides is 3. The molecule has 2 aromatic rings. The number of aryl methyl sites for hydroxylation is 3. The molecule has 0 radical (unpaired) electrons. The molecule has 0 N–H and O–H groups in total. The van der Waals surface area contributed by atoms with Crippen LogP contribution in [0.5, 0.6) is 0 Å². The molecule has 2 fully saturated rings. The highest BCUT2D eigenvalue weighted by Crippen LogP contribution is 2.42. The van der Waals surface area contributed by atoms with Gasteiger partial charge >= 0.3 is 12.1 Å². The topological polar surface area (TPSA) is 32.8 Å². The second-order valence-electron chi connectivity index (χ2n) is 9.78. The molecule has 0 aromatic heterocycles. The number of rotatable bonds is 5. The first-order valence-electron chi connectivity index (χ1n) is 11.9. The molecule has 2 aliphatic heterocycles. The predicted molar refractivity (Wildman–Crippen MR) is 127 cm³/mol. The summed E-state index contributed by atoms with van der Waals surface area (Å²) in [5.41, 5.74) is 5.35. The van der Waals surface area contributed by atoms with Gasteiger partial charge in [0, 0.05) is 25.6 Å². The number of piperidine rings is 1. The standard InChI is InChI=1S/C27H33F3N2O2/c1-17-6-5-7-24(27(28,29)30)25(17)32-14-22(15-32)21-12-18(2)23(19(3)13-21)16-31-10-8-20(9-11-31)26(33)34-4/h5-7,12-13,20,22H,8-11,14-16H2,1-4H3. The zero-order valence-corrected chi connectivity index (χ0v) is 20.3. The van der Waals surface area contributed by atoms with Crippen molar-refractivity contribution in [2.45, 2.75) is 52.3 Å². The van der Waals surface area contributed by atoms with Crippen LogP contribution in [0.4, 0.5) is 18.9 Å². The Morgan fingerprint density at radius 3 is 2.21 bits per heavy atom. The number of hydrogen-bond acceptors (Lipinski definition) is 4. The van der Waals surface area contributed by atoms with E-state index in [4.69, 9.17) is 4.74 Å². The van der Waals surface area contributed by atoms with Gasteiger partial charge in [-0.3, -0.25) is 9.69 Å². The van der Waals surface area contributed by atoms with E-state index >= 15 is 0 Å². The van der Waals surface area contributed by atoms with Gasteiger partial charge in [0.25, 0.3) is 0 Å². The normalized spacial score (nSPS) is 18.1. The summed E-state index contributed by atoms with van der Waals surface area (Å²) in [6.45, 7) is 9.75. The molecule has 2 aromatic carbocycles. The Kier molecular flexibility index (Phi) is 6.94. The third-order valence-corrected chi connectivity index (χ3v) is 7.43. The summed E-state index contributed by atoms with van der Waals surface area (Å²) >= 11 is 0. The number of esters is 1. The van der Waals surface area contributed by atoms with Gasteiger partial charge in [-0.05, 0) is 80.6 Å². The van der Waals surface area contributed by atoms with E-state index in [0.717, 1.165) is 32.5 Å². The van der Waals surface area contributed by atoms with Crippen LogP contribution in [0.2, 0.25) is 0 Å². The van der Waals surface area contributed by atoms with Crippen LogP contribution >= 0.6 is 0 Å². The van der Waals surface area contributed by atoms with E-state index in [1.807, 2.05) is 4.90 Å². The number of likely N-dealkylation sites (tertiary alicyclic amines) is 1. The summed E-state index contributed by atoms with van der Waals surface area (Å²) in [5, 5.41) is 0. The second-order valence-corrected chi connectivity index (χ2v) is 9.78. The number of benzene rings is 2. The smallest absolute Gasteiger partial charge is 0.418 e. The van der Waals surface area contributed by atoms with E-state index in [1.54, 1.807) is 13.0 Å². The van der Waals surface area contributed by atoms with E-state index < -0.39 is 11.7 Å². The van der Waals surface area contributed by atoms with Gasteiger partial charge in [0.1, 0.15) is 0 Å². The number of ether oxygens (including phenoxy) is 1. The Morgan fingerprint density at radius 2 is 1.65 bits per heavy atom. The molecule has 7 heteroatoms. The Bertz CT molecular complexity index is 1030. The minimum atomic E-state index is -4.35. The molecule has 0 spiro atoms. The van der Waals surface area contributed by atoms with Crippen LogP contribution in [0.3, 0.4) is 0 Å². The number of carbonyl (C=O) groups is 1. The highest BCUT2D eigenvalue weighted by atomic mass is 19.4. The number of nitrogens with zero attached hydrogens (tertiary/aromatic N) is 2. The van der Waals surface area contributed by atoms with Gasteiger partial charge in [-0.15, -0.1) is 0 Å². The van der Waals surface area contributed by atoms with Gasteiger partial charge in [-0.1, -0.05) is 24.3 Å². The van der Waals surface area contributed by atoms with Crippen LogP contribution < -0.4 is 4.90 Å². The molecule has 0 saturated carbocycles. The van der Waals surface area contributed by atoms with E-state index in [2.05, 4.69) is 30.9 Å². The van der Waals surface area contributed by atoms with Crippen molar-refractivity contribution in [2.75, 3.05) is 38.2 Å². The first-order chi connectivity index (χ1) is 16.1. The summed E-state index contributed by atoms with van der Waals surface area (Å²) < 4.78 is 45.5. The second kappa shape index (κ2) is 9.61. The summed E-state index contributed by atoms with van der Waals surface area (Å²) in [6, 6.07) is 8.80. The van der Waals surface area contributed by atoms with Crippen molar-refractivity contribution in [1.82, 2.24) is 4.90 Å². The molecule has 2 heterocycles. The van der Waals surface area contributed by atoms with Gasteiger partial charge < -0.3 is 9.64 Å². The highest BCUT2D eigenvalue weighted by molar-refractivity contribution is 5.72. The lowest BCUT2D eigenvalue weighted by Crippen LogP contribution is -2.46. The molecule has 0 aliphatic carbocycles. The van der Waals surface area contributed by atoms with Crippen molar-refractivity contribution in [1.29, 1.82) is 0 Å². The van der Waals surface area contributed by atoms with Crippen LogP contribution in [0, 0.1) is 26.7 Å². The molecule has 0 unspecified atom stereocenters. The largest absolute Gasteiger partial charge is 0.469 e. The summed E-state index contributed by atoms with van der Waals surface area (Å²) in [6.07, 6.45) is -2.72. The Hall–Kier alpha value is -2.54. The minimum Gasteiger partial charge on any atom is -0.469 e. The number of halogens is 3. The van der Waals surface area contributed by atoms with E-state index in [0.29, 0.717) is 24.3 Å². The molecule has 34 heavy (non-hydrogen) atoms. The number of anilines is 1. The fourth-order valence-corrected chi connectivity index (χ4v) is 5.41. The third-order valence-electron chi connectivity index (χ3n) is 7.43. The third kappa shape index (κ3) is 4.95. The van der Waals surface area contributed by atoms with Crippen molar-refractivity contribution >= 4 is 11.7 Å². The van der Waals surface area contributed by atoms with Gasteiger partial charge in [0.05, 0.1) is 24.3 Å². The molecule has 2 aliphatic rings. The summed E-state index contributed by atoms with van der Waals surface area (Å²) in [4.78, 5) is 16.0. The maximum Gasteiger partial charge on any atom is 0.418 e. The first-order valence-corrected chi connectivity index (χ1v) is 11.9. The van der Waals surface area contributed by atoms with Crippen molar-refractivity contribution in [2.24, 2.45) is 5.92 Å². The molecular formula is C27H33F3N2O2. The average Bonchev–Trinajstić information content (AvgIpc) is 2.75. The maximum atomic E-state index is 13.5. The fourth-order valence-electron chi connectivity index (χ4n) is 5.41. The van der Waals surface area contributed by atoms with Crippen LogP contribution in [0.15, 0.2) is 30.3 Å². The van der Waals surface area contributed by atoms with E-state index in [-0.39, 0.29) is 17.8 Å². The quantitative estimate of drug-likeness (QED) is 0.527. The predicted octanol–water partition coefficient (Wildman–Crippen LogP) is 5.62. The van der Waals surface area contributed by atoms with Crippen molar-refractivity contribution in [3.05, 3.63) is 63.7 Å². The van der Waals surface area contributed by atoms with E-state index in [9.17, 15) is 18.0 Å². The molecule has 4 nitrogen and oxygen atoms in total. The minimum absolute atomic E-state index is 0.00139. The zero-order chi connectivity index (χ0) is 24.6. The molecule has 184 valence electrons. The zero-order valence-electron chi connectivity index (χ0n) is 20.3. The van der Waals surface area contributed by atoms with Gasteiger partial charge in [-0.2, -0.15) is 13.2 Å². The molecule has 2 saturated heterocycles. The molecule has 0 atom stereocenters. The number of para-hydroxylation sites is 1. The maximum absolute atomic E-state index is 13.5. The van der Waals surface area contributed by atoms with Crippen LogP contribution in [-0.4, -0.2) is 44.2 Å². The number of methoxy groups -OCH3 is 1. The lowest BCUT2D eigenvalue weighted by Gasteiger charge is -2.43. The number of hydrogen-bond donors (Lipinski definition) is 0. The Balaban J connectivity index is 1.42. The fraction of sp³-hybridized carbons (Fsp3) is 0.519. The lowest BCUT2D eigenvalue weighted by molar-refractivity contribution is -0.147. The van der Waals surface area contributed by atoms with Gasteiger partial charge in [0.2, 0.25) is 0 Å². The summed E-state index contributed by atoms with van der Waals surface area (Å²) in [5.74, 6) is 0.111. The SMILES string of the molecule is COC(=O)C1CCN(Cc2c(C)cc(C3CN(c4c(C)cccc4C(F)(F)F)C3)cc2C)CC1. The number of carbonyl (C=O) groups excluding carboxylic acids is 1. The van der Waals surface area contributed by atoms with Crippen molar-refractivity contribution in [3.63, 3.8) is 0 Å². The van der Waals surface area contributed by atoms with Gasteiger partial charge in [0.15, 0.2) is 0 Å². The Labute approximate surface area is 199 Å². The molecular weight excluding hydrogens is 441 g/mol. The van der Waals surface area contributed by atoms with Crippen LogP contribution in [-0.2, 0) is 22.3 Å². The first kappa shape index (κ1) is 24.6. The molecule has 4 rings (SSSR count). The lowest BCUT2D eigenvalue weighted by atomic mass is 9.86. The Morgan fingerprint density at radius 1 is 1.03 bits per heavy atom. The average molecular weight is 475 g/mol. The summed E-state index contributed by atoms with van der Waals surface area (Å²) in [7, 11) is 1.44. The van der Waals surface area contributed by atoms with Crippen LogP contribution in [0.25, 0.3) is 0 Å². The van der Waals surface area contributed by atoms with Gasteiger partial charge in [-0.25, -0.2) is 0 Å². The molecule has 0 amide bonds. The monoisotopic (exact) mass is 474 g/mol.